The highest BCUT2D eigenvalue weighted by Gasteiger charge is 2.18. The maximum absolute atomic E-state index is 12.4. The molecular weight excluding hydrogens is 382 g/mol. The van der Waals surface area contributed by atoms with Gasteiger partial charge in [0, 0.05) is 18.7 Å². The van der Waals surface area contributed by atoms with Crippen molar-refractivity contribution in [3.63, 3.8) is 0 Å². The molecule has 160 valence electrons. The quantitative estimate of drug-likeness (QED) is 0.518. The molecule has 0 spiro atoms. The molecule has 7 heteroatoms. The zero-order valence-electron chi connectivity index (χ0n) is 17.3. The molecule has 1 aliphatic heterocycles. The second kappa shape index (κ2) is 10.6. The van der Waals surface area contributed by atoms with E-state index >= 15 is 0 Å². The van der Waals surface area contributed by atoms with Gasteiger partial charge >= 0.3 is 5.97 Å². The third-order valence-electron chi connectivity index (χ3n) is 5.25. The number of unbranched alkanes of at least 4 members (excludes halogenated alkanes) is 1. The van der Waals surface area contributed by atoms with E-state index in [0.717, 1.165) is 55.7 Å². The van der Waals surface area contributed by atoms with Crippen molar-refractivity contribution in [3.05, 3.63) is 53.2 Å². The molecule has 30 heavy (non-hydrogen) atoms. The van der Waals surface area contributed by atoms with Gasteiger partial charge in [0.2, 0.25) is 5.91 Å². The van der Waals surface area contributed by atoms with E-state index in [1.54, 1.807) is 31.4 Å². The average molecular weight is 412 g/mol. The molecule has 1 amide bonds. The highest BCUT2D eigenvalue weighted by Crippen LogP contribution is 2.23. The summed E-state index contributed by atoms with van der Waals surface area (Å²) in [6.45, 7) is 0.967. The predicted octanol–water partition coefficient (Wildman–Crippen LogP) is 3.49. The van der Waals surface area contributed by atoms with E-state index in [9.17, 15) is 14.7 Å². The molecule has 0 radical (unpaired) electrons. The average Bonchev–Trinajstić information content (AvgIpc) is 2.76. The Balaban J connectivity index is 1.48. The van der Waals surface area contributed by atoms with Crippen molar-refractivity contribution in [2.24, 2.45) is 0 Å². The Morgan fingerprint density at radius 3 is 2.93 bits per heavy atom. The van der Waals surface area contributed by atoms with Crippen LogP contribution in [0.25, 0.3) is 0 Å². The first-order chi connectivity index (χ1) is 14.5. The maximum atomic E-state index is 12.4. The van der Waals surface area contributed by atoms with Crippen molar-refractivity contribution in [1.82, 2.24) is 10.3 Å². The van der Waals surface area contributed by atoms with Gasteiger partial charge in [-0.05, 0) is 61.4 Å². The minimum Gasteiger partial charge on any atom is -0.497 e. The molecule has 7 nitrogen and oxygen atoms in total. The number of carbonyl (C=O) groups excluding carboxylic acids is 1. The number of fused-ring (bicyclic) bond motifs is 1. The molecule has 0 saturated carbocycles. The standard InChI is InChI=1S/C23H29N3O4/c1-30-19-9-4-6-17(14-19)20(15-22(28)29)26-21(27)10-3-2-8-18-12-11-16-7-5-13-24-23(16)25-18/h4,6,9,11-12,14,20H,2-3,5,7-8,10,13,15H2,1H3,(H,24,25)(H,26,27)(H,28,29). The number of aliphatic carboxylic acids is 1. The number of rotatable bonds is 10. The van der Waals surface area contributed by atoms with Gasteiger partial charge in [0.15, 0.2) is 0 Å². The van der Waals surface area contributed by atoms with Gasteiger partial charge in [0.25, 0.3) is 0 Å². The van der Waals surface area contributed by atoms with E-state index in [1.807, 2.05) is 0 Å². The van der Waals surface area contributed by atoms with Crippen LogP contribution in [0.3, 0.4) is 0 Å². The molecule has 1 aromatic carbocycles. The van der Waals surface area contributed by atoms with E-state index in [1.165, 1.54) is 5.56 Å². The molecule has 3 rings (SSSR count). The van der Waals surface area contributed by atoms with Crippen molar-refractivity contribution in [1.29, 1.82) is 0 Å². The van der Waals surface area contributed by atoms with Crippen LogP contribution in [0.5, 0.6) is 5.75 Å². The first-order valence-corrected chi connectivity index (χ1v) is 10.4. The molecule has 2 aromatic rings. The number of benzene rings is 1. The van der Waals surface area contributed by atoms with Gasteiger partial charge < -0.3 is 20.5 Å². The number of anilines is 1. The van der Waals surface area contributed by atoms with Crippen molar-refractivity contribution in [2.45, 2.75) is 51.0 Å². The number of hydrogen-bond donors (Lipinski definition) is 3. The van der Waals surface area contributed by atoms with Crippen LogP contribution in [0.2, 0.25) is 0 Å². The summed E-state index contributed by atoms with van der Waals surface area (Å²) in [6.07, 6.45) is 4.77. The fraction of sp³-hybridized carbons (Fsp3) is 0.435. The lowest BCUT2D eigenvalue weighted by Gasteiger charge is -2.18. The lowest BCUT2D eigenvalue weighted by Crippen LogP contribution is -2.30. The number of pyridine rings is 1. The molecule has 0 aliphatic carbocycles. The van der Waals surface area contributed by atoms with Gasteiger partial charge in [0.1, 0.15) is 11.6 Å². The maximum Gasteiger partial charge on any atom is 0.305 e. The number of nitrogens with one attached hydrogen (secondary N) is 2. The number of carbonyl (C=O) groups is 2. The fourth-order valence-corrected chi connectivity index (χ4v) is 3.65. The van der Waals surface area contributed by atoms with Crippen LogP contribution < -0.4 is 15.4 Å². The Kier molecular flexibility index (Phi) is 7.65. The van der Waals surface area contributed by atoms with Crippen LogP contribution in [0.15, 0.2) is 36.4 Å². The highest BCUT2D eigenvalue weighted by atomic mass is 16.5. The Morgan fingerprint density at radius 1 is 1.27 bits per heavy atom. The minimum absolute atomic E-state index is 0.149. The number of methoxy groups -OCH3 is 1. The Labute approximate surface area is 176 Å². The molecule has 0 saturated heterocycles. The normalized spacial score (nSPS) is 13.6. The summed E-state index contributed by atoms with van der Waals surface area (Å²) >= 11 is 0. The molecule has 1 aliphatic rings. The van der Waals surface area contributed by atoms with E-state index in [-0.39, 0.29) is 12.3 Å². The number of amides is 1. The summed E-state index contributed by atoms with van der Waals surface area (Å²) < 4.78 is 5.20. The minimum atomic E-state index is -0.963. The number of aryl methyl sites for hydroxylation is 2. The molecule has 2 heterocycles. The van der Waals surface area contributed by atoms with Gasteiger partial charge in [-0.2, -0.15) is 0 Å². The summed E-state index contributed by atoms with van der Waals surface area (Å²) in [5.74, 6) is 0.509. The predicted molar refractivity (Wildman–Crippen MR) is 115 cm³/mol. The smallest absolute Gasteiger partial charge is 0.305 e. The number of aromatic nitrogens is 1. The summed E-state index contributed by atoms with van der Waals surface area (Å²) in [5.41, 5.74) is 3.02. The first kappa shape index (κ1) is 21.6. The van der Waals surface area contributed by atoms with Gasteiger partial charge in [-0.1, -0.05) is 18.2 Å². The Morgan fingerprint density at radius 2 is 2.13 bits per heavy atom. The zero-order chi connectivity index (χ0) is 21.3. The Bertz CT molecular complexity index is 885. The van der Waals surface area contributed by atoms with Gasteiger partial charge in [0.05, 0.1) is 19.6 Å². The SMILES string of the molecule is COc1cccc(C(CC(=O)O)NC(=O)CCCCc2ccc3c(n2)NCCC3)c1. The Hall–Kier alpha value is -3.09. The topological polar surface area (TPSA) is 101 Å². The number of carboxylic acid groups (broad SMARTS) is 1. The fourth-order valence-electron chi connectivity index (χ4n) is 3.65. The van der Waals surface area contributed by atoms with Crippen LogP contribution in [0, 0.1) is 0 Å². The molecule has 0 fully saturated rings. The summed E-state index contributed by atoms with van der Waals surface area (Å²) in [6, 6.07) is 10.7. The van der Waals surface area contributed by atoms with Gasteiger partial charge in [-0.15, -0.1) is 0 Å². The van der Waals surface area contributed by atoms with Crippen LogP contribution in [-0.4, -0.2) is 35.6 Å². The zero-order valence-corrected chi connectivity index (χ0v) is 17.3. The molecule has 1 atom stereocenters. The van der Waals surface area contributed by atoms with Crippen molar-refractivity contribution >= 4 is 17.7 Å². The molecular formula is C23H29N3O4. The number of carboxylic acids is 1. The molecule has 1 unspecified atom stereocenters. The second-order valence-corrected chi connectivity index (χ2v) is 7.54. The summed E-state index contributed by atoms with van der Waals surface area (Å²) in [4.78, 5) is 28.3. The van der Waals surface area contributed by atoms with Crippen molar-refractivity contribution in [2.75, 3.05) is 19.0 Å². The summed E-state index contributed by atoms with van der Waals surface area (Å²) in [5, 5.41) is 15.4. The number of hydrogen-bond acceptors (Lipinski definition) is 5. The van der Waals surface area contributed by atoms with E-state index < -0.39 is 12.0 Å². The molecule has 3 N–H and O–H groups in total. The third-order valence-corrected chi connectivity index (χ3v) is 5.25. The van der Waals surface area contributed by atoms with Crippen LogP contribution in [-0.2, 0) is 22.4 Å². The van der Waals surface area contributed by atoms with E-state index in [2.05, 4.69) is 27.8 Å². The monoisotopic (exact) mass is 411 g/mol. The van der Waals surface area contributed by atoms with E-state index in [0.29, 0.717) is 12.2 Å². The lowest BCUT2D eigenvalue weighted by molar-refractivity contribution is -0.137. The molecule has 0 bridgehead atoms. The van der Waals surface area contributed by atoms with E-state index in [4.69, 9.17) is 4.74 Å². The van der Waals surface area contributed by atoms with Crippen LogP contribution in [0.4, 0.5) is 5.82 Å². The van der Waals surface area contributed by atoms with Crippen molar-refractivity contribution < 1.29 is 19.4 Å². The lowest BCUT2D eigenvalue weighted by atomic mass is 10.0. The van der Waals surface area contributed by atoms with Crippen LogP contribution in [0.1, 0.15) is 55.0 Å². The van der Waals surface area contributed by atoms with Crippen LogP contribution >= 0.6 is 0 Å². The van der Waals surface area contributed by atoms with Gasteiger partial charge in [-0.25, -0.2) is 4.98 Å². The third kappa shape index (κ3) is 6.20. The highest BCUT2D eigenvalue weighted by molar-refractivity contribution is 5.77. The van der Waals surface area contributed by atoms with Gasteiger partial charge in [-0.3, -0.25) is 9.59 Å². The molecule has 1 aromatic heterocycles. The summed E-state index contributed by atoms with van der Waals surface area (Å²) in [7, 11) is 1.55. The number of nitrogens with zero attached hydrogens (tertiary/aromatic N) is 1. The number of ether oxygens (including phenoxy) is 1. The second-order valence-electron chi connectivity index (χ2n) is 7.54. The van der Waals surface area contributed by atoms with Crippen molar-refractivity contribution in [3.8, 4) is 5.75 Å². The first-order valence-electron chi connectivity index (χ1n) is 10.4. The largest absolute Gasteiger partial charge is 0.497 e.